The van der Waals surface area contributed by atoms with Gasteiger partial charge in [-0.1, -0.05) is 11.8 Å². The van der Waals surface area contributed by atoms with Gasteiger partial charge in [0.2, 0.25) is 0 Å². The number of ether oxygens (including phenoxy) is 1. The van der Waals surface area contributed by atoms with Crippen LogP contribution in [0.1, 0.15) is 0 Å². The minimum absolute atomic E-state index is 0.393. The van der Waals surface area contributed by atoms with Crippen molar-refractivity contribution < 1.29 is 4.74 Å². The highest BCUT2D eigenvalue weighted by Crippen LogP contribution is 2.18. The average molecular weight is 270 g/mol. The molecule has 0 radical (unpaired) electrons. The molecule has 7 nitrogen and oxygen atoms in total. The van der Waals surface area contributed by atoms with Crippen molar-refractivity contribution in [2.24, 2.45) is 7.05 Å². The van der Waals surface area contributed by atoms with E-state index in [2.05, 4.69) is 9.97 Å². The van der Waals surface area contributed by atoms with Crippen LogP contribution in [0.15, 0.2) is 14.7 Å². The number of nitrogens with zero attached hydrogens (tertiary/aromatic N) is 3. The molecule has 2 aromatic rings. The van der Waals surface area contributed by atoms with E-state index < -0.39 is 11.2 Å². The number of hydrogen-bond donors (Lipinski definition) is 1. The minimum Gasteiger partial charge on any atom is -0.383 e. The molecule has 0 bridgehead atoms. The van der Waals surface area contributed by atoms with Crippen LogP contribution < -0.4 is 11.2 Å². The van der Waals surface area contributed by atoms with Gasteiger partial charge in [0.1, 0.15) is 0 Å². The van der Waals surface area contributed by atoms with Gasteiger partial charge < -0.3 is 9.30 Å². The molecule has 2 heterocycles. The maximum Gasteiger partial charge on any atom is 0.329 e. The molecule has 0 saturated carbocycles. The number of H-pyrrole nitrogens is 1. The summed E-state index contributed by atoms with van der Waals surface area (Å²) in [5.41, 5.74) is -0.0868. The van der Waals surface area contributed by atoms with Crippen molar-refractivity contribution in [2.75, 3.05) is 20.0 Å². The Morgan fingerprint density at radius 1 is 1.44 bits per heavy atom. The molecule has 2 aromatic heterocycles. The summed E-state index contributed by atoms with van der Waals surface area (Å²) < 4.78 is 8.12. The van der Waals surface area contributed by atoms with Gasteiger partial charge in [-0.3, -0.25) is 14.3 Å². The number of aryl methyl sites for hydroxylation is 1. The molecule has 0 atom stereocenters. The number of aromatic amines is 1. The number of methoxy groups -OCH3 is 1. The number of imidazole rings is 1. The molecule has 0 aliphatic carbocycles. The second-order valence-electron chi connectivity index (χ2n) is 3.73. The first-order valence-corrected chi connectivity index (χ1v) is 6.55. The van der Waals surface area contributed by atoms with Gasteiger partial charge in [0.05, 0.1) is 6.61 Å². The fourth-order valence-corrected chi connectivity index (χ4v) is 2.34. The molecule has 8 heteroatoms. The summed E-state index contributed by atoms with van der Waals surface area (Å²) in [6, 6.07) is 0. The quantitative estimate of drug-likeness (QED) is 0.778. The molecule has 0 amide bonds. The summed E-state index contributed by atoms with van der Waals surface area (Å²) in [6.45, 7) is 0.992. The zero-order valence-corrected chi connectivity index (χ0v) is 11.2. The molecule has 2 rings (SSSR count). The fraction of sp³-hybridized carbons (Fsp3) is 0.500. The predicted molar refractivity (Wildman–Crippen MR) is 69.3 cm³/mol. The van der Waals surface area contributed by atoms with Crippen LogP contribution in [0.3, 0.4) is 0 Å². The number of hydrogen-bond acceptors (Lipinski definition) is 5. The number of aromatic nitrogens is 4. The Labute approximate surface area is 107 Å². The van der Waals surface area contributed by atoms with Gasteiger partial charge in [-0.2, -0.15) is 0 Å². The van der Waals surface area contributed by atoms with E-state index in [4.69, 9.17) is 4.74 Å². The van der Waals surface area contributed by atoms with Crippen molar-refractivity contribution in [2.45, 2.75) is 11.7 Å². The van der Waals surface area contributed by atoms with Crippen molar-refractivity contribution in [3.8, 4) is 0 Å². The third-order valence-corrected chi connectivity index (χ3v) is 3.35. The van der Waals surface area contributed by atoms with E-state index in [0.717, 1.165) is 0 Å². The number of fused-ring (bicyclic) bond motifs is 1. The monoisotopic (exact) mass is 270 g/mol. The highest BCUT2D eigenvalue weighted by Gasteiger charge is 2.16. The van der Waals surface area contributed by atoms with E-state index in [1.165, 1.54) is 16.3 Å². The summed E-state index contributed by atoms with van der Waals surface area (Å²) in [5.74, 6) is 0. The molecule has 0 aliphatic heterocycles. The molecule has 0 saturated heterocycles. The lowest BCUT2D eigenvalue weighted by molar-refractivity contribution is 0.186. The molecule has 18 heavy (non-hydrogen) atoms. The number of nitrogens with one attached hydrogen (secondary N) is 1. The first-order valence-electron chi connectivity index (χ1n) is 5.32. The largest absolute Gasteiger partial charge is 0.383 e. The Morgan fingerprint density at radius 2 is 2.17 bits per heavy atom. The molecule has 0 aliphatic rings. The van der Waals surface area contributed by atoms with Crippen molar-refractivity contribution in [1.29, 1.82) is 0 Å². The molecular weight excluding hydrogens is 256 g/mol. The summed E-state index contributed by atoms with van der Waals surface area (Å²) in [6.07, 6.45) is 1.87. The van der Waals surface area contributed by atoms with Crippen LogP contribution in [-0.4, -0.2) is 39.1 Å². The Kier molecular flexibility index (Phi) is 3.58. The molecule has 0 unspecified atom stereocenters. The van der Waals surface area contributed by atoms with Gasteiger partial charge >= 0.3 is 5.69 Å². The minimum atomic E-state index is -0.462. The lowest BCUT2D eigenvalue weighted by atomic mass is 10.5. The maximum atomic E-state index is 11.9. The first kappa shape index (κ1) is 12.9. The van der Waals surface area contributed by atoms with Crippen LogP contribution in [-0.2, 0) is 18.3 Å². The normalized spacial score (nSPS) is 11.3. The van der Waals surface area contributed by atoms with Crippen LogP contribution in [0.2, 0.25) is 0 Å². The SMILES string of the molecule is COCCn1c(SC)nc2c1c(=O)[nH]c(=O)n2C. The van der Waals surface area contributed by atoms with Crippen LogP contribution in [0.5, 0.6) is 0 Å². The molecular formula is C10H14N4O3S. The second-order valence-corrected chi connectivity index (χ2v) is 4.51. The van der Waals surface area contributed by atoms with Gasteiger partial charge in [-0.05, 0) is 6.26 Å². The van der Waals surface area contributed by atoms with Crippen molar-refractivity contribution >= 4 is 22.9 Å². The highest BCUT2D eigenvalue weighted by atomic mass is 32.2. The van der Waals surface area contributed by atoms with Gasteiger partial charge in [-0.15, -0.1) is 0 Å². The molecule has 98 valence electrons. The van der Waals surface area contributed by atoms with Crippen LogP contribution in [0, 0.1) is 0 Å². The fourth-order valence-electron chi connectivity index (χ4n) is 1.76. The molecule has 1 N–H and O–H groups in total. The van der Waals surface area contributed by atoms with Crippen molar-refractivity contribution in [1.82, 2.24) is 19.1 Å². The van der Waals surface area contributed by atoms with Gasteiger partial charge in [-0.25, -0.2) is 9.78 Å². The summed E-state index contributed by atoms with van der Waals surface area (Å²) >= 11 is 1.42. The van der Waals surface area contributed by atoms with Crippen molar-refractivity contribution in [3.63, 3.8) is 0 Å². The molecule has 0 spiro atoms. The van der Waals surface area contributed by atoms with E-state index in [9.17, 15) is 9.59 Å². The van der Waals surface area contributed by atoms with Gasteiger partial charge in [0.15, 0.2) is 16.3 Å². The lowest BCUT2D eigenvalue weighted by Crippen LogP contribution is -2.29. The maximum absolute atomic E-state index is 11.9. The number of thioether (sulfide) groups is 1. The third kappa shape index (κ3) is 1.97. The van der Waals surface area contributed by atoms with E-state index >= 15 is 0 Å². The van der Waals surface area contributed by atoms with E-state index in [1.807, 2.05) is 6.26 Å². The summed E-state index contributed by atoms with van der Waals surface area (Å²) in [5, 5.41) is 0.689. The van der Waals surface area contributed by atoms with E-state index in [-0.39, 0.29) is 0 Å². The van der Waals surface area contributed by atoms with Crippen LogP contribution in [0.25, 0.3) is 11.2 Å². The summed E-state index contributed by atoms with van der Waals surface area (Å²) in [4.78, 5) is 30.0. The first-order chi connectivity index (χ1) is 8.60. The van der Waals surface area contributed by atoms with Crippen LogP contribution in [0.4, 0.5) is 0 Å². The highest BCUT2D eigenvalue weighted by molar-refractivity contribution is 7.98. The molecule has 0 aromatic carbocycles. The molecule has 0 fully saturated rings. The zero-order valence-electron chi connectivity index (χ0n) is 10.4. The Bertz CT molecular complexity index is 685. The Hall–Kier alpha value is -1.54. The predicted octanol–water partition coefficient (Wildman–Crippen LogP) is -0.208. The van der Waals surface area contributed by atoms with E-state index in [1.54, 1.807) is 18.7 Å². The third-order valence-electron chi connectivity index (χ3n) is 2.67. The Morgan fingerprint density at radius 3 is 2.78 bits per heavy atom. The van der Waals surface area contributed by atoms with Gasteiger partial charge in [0.25, 0.3) is 5.56 Å². The lowest BCUT2D eigenvalue weighted by Gasteiger charge is -2.05. The Balaban J connectivity index is 2.78. The smallest absolute Gasteiger partial charge is 0.329 e. The topological polar surface area (TPSA) is 81.9 Å². The summed E-state index contributed by atoms with van der Waals surface area (Å²) in [7, 11) is 3.18. The zero-order chi connectivity index (χ0) is 13.3. The second kappa shape index (κ2) is 4.99. The van der Waals surface area contributed by atoms with Crippen molar-refractivity contribution in [3.05, 3.63) is 20.8 Å². The number of rotatable bonds is 4. The standard InChI is InChI=1S/C10H14N4O3S/c1-13-7-6(8(15)12-9(13)16)14(4-5-17-2)10(11-7)18-3/h4-5H2,1-3H3,(H,12,15,16). The average Bonchev–Trinajstić information content (AvgIpc) is 2.72. The van der Waals surface area contributed by atoms with Gasteiger partial charge in [0, 0.05) is 20.7 Å². The van der Waals surface area contributed by atoms with E-state index in [0.29, 0.717) is 29.5 Å². The van der Waals surface area contributed by atoms with Crippen LogP contribution >= 0.6 is 11.8 Å².